The highest BCUT2D eigenvalue weighted by atomic mass is 16.2. The zero-order valence-electron chi connectivity index (χ0n) is 17.1. The number of aromatic nitrogens is 3. The van der Waals surface area contributed by atoms with Crippen molar-refractivity contribution < 1.29 is 14.4 Å². The minimum Gasteiger partial charge on any atom is -0.322 e. The largest absolute Gasteiger partial charge is 0.322 e. The summed E-state index contributed by atoms with van der Waals surface area (Å²) in [6.07, 6.45) is 3.69. The average Bonchev–Trinajstić information content (AvgIpc) is 3.49. The van der Waals surface area contributed by atoms with Crippen molar-refractivity contribution in [1.29, 1.82) is 0 Å². The van der Waals surface area contributed by atoms with E-state index < -0.39 is 6.04 Å². The van der Waals surface area contributed by atoms with E-state index in [-0.39, 0.29) is 24.1 Å². The molecule has 2 aromatic rings. The molecule has 5 rings (SSSR count). The predicted molar refractivity (Wildman–Crippen MR) is 110 cm³/mol. The zero-order valence-corrected chi connectivity index (χ0v) is 17.1. The number of fused-ring (bicyclic) bond motifs is 1. The summed E-state index contributed by atoms with van der Waals surface area (Å²) in [7, 11) is 0. The van der Waals surface area contributed by atoms with Crippen molar-refractivity contribution in [2.75, 3.05) is 13.1 Å². The van der Waals surface area contributed by atoms with E-state index in [2.05, 4.69) is 26.3 Å². The zero-order chi connectivity index (χ0) is 21.4. The van der Waals surface area contributed by atoms with Crippen LogP contribution in [0.25, 0.3) is 0 Å². The van der Waals surface area contributed by atoms with Gasteiger partial charge in [-0.3, -0.25) is 19.7 Å². The molecule has 10 heteroatoms. The summed E-state index contributed by atoms with van der Waals surface area (Å²) in [4.78, 5) is 37.9. The van der Waals surface area contributed by atoms with Crippen LogP contribution in [-0.4, -0.2) is 56.7 Å². The second-order valence-corrected chi connectivity index (χ2v) is 8.33. The summed E-state index contributed by atoms with van der Waals surface area (Å²) >= 11 is 0. The predicted octanol–water partition coefficient (Wildman–Crippen LogP) is -0.137. The lowest BCUT2D eigenvalue weighted by Gasteiger charge is -2.29. The minimum atomic E-state index is -0.586. The molecular formula is C21H25N7O3. The van der Waals surface area contributed by atoms with Gasteiger partial charge in [-0.25, -0.2) is 4.68 Å². The summed E-state index contributed by atoms with van der Waals surface area (Å²) in [5, 5.41) is 17.5. The van der Waals surface area contributed by atoms with E-state index in [0.29, 0.717) is 37.7 Å². The Bertz CT molecular complexity index is 1030. The highest BCUT2D eigenvalue weighted by molar-refractivity contribution is 6.05. The van der Waals surface area contributed by atoms with Crippen LogP contribution in [0, 0.1) is 0 Å². The maximum absolute atomic E-state index is 12.8. The van der Waals surface area contributed by atoms with Crippen LogP contribution < -0.4 is 16.0 Å². The fourth-order valence-corrected chi connectivity index (χ4v) is 4.51. The number of carbonyl (C=O) groups is 3. The van der Waals surface area contributed by atoms with Crippen LogP contribution in [0.3, 0.4) is 0 Å². The van der Waals surface area contributed by atoms with Crippen LogP contribution in [-0.2, 0) is 29.2 Å². The van der Waals surface area contributed by atoms with E-state index in [1.54, 1.807) is 4.90 Å². The minimum absolute atomic E-state index is 0.151. The molecule has 3 aliphatic heterocycles. The van der Waals surface area contributed by atoms with Crippen molar-refractivity contribution in [3.05, 3.63) is 46.8 Å². The fraction of sp³-hybridized carbons (Fsp3) is 0.476. The molecule has 3 aliphatic rings. The maximum atomic E-state index is 12.8. The van der Waals surface area contributed by atoms with Gasteiger partial charge in [-0.05, 0) is 36.6 Å². The lowest BCUT2D eigenvalue weighted by atomic mass is 10.0. The van der Waals surface area contributed by atoms with Crippen molar-refractivity contribution in [2.45, 2.75) is 51.0 Å². The lowest BCUT2D eigenvalue weighted by Crippen LogP contribution is -2.52. The first-order valence-electron chi connectivity index (χ1n) is 10.7. The van der Waals surface area contributed by atoms with Gasteiger partial charge in [-0.2, -0.15) is 0 Å². The molecule has 2 fully saturated rings. The number of benzene rings is 1. The molecule has 1 aromatic carbocycles. The molecule has 0 bridgehead atoms. The van der Waals surface area contributed by atoms with Crippen LogP contribution in [0.15, 0.2) is 24.4 Å². The first-order chi connectivity index (χ1) is 15.1. The number of rotatable bonds is 6. The maximum Gasteiger partial charge on any atom is 0.255 e. The van der Waals surface area contributed by atoms with E-state index in [9.17, 15) is 14.4 Å². The van der Waals surface area contributed by atoms with Crippen molar-refractivity contribution >= 4 is 17.7 Å². The molecule has 3 N–H and O–H groups in total. The third-order valence-corrected chi connectivity index (χ3v) is 6.19. The Hall–Kier alpha value is -3.11. The van der Waals surface area contributed by atoms with Gasteiger partial charge in [0.2, 0.25) is 11.8 Å². The van der Waals surface area contributed by atoms with E-state index in [4.69, 9.17) is 0 Å². The number of amides is 3. The summed E-state index contributed by atoms with van der Waals surface area (Å²) in [6, 6.07) is 5.55. The van der Waals surface area contributed by atoms with Crippen molar-refractivity contribution in [3.8, 4) is 0 Å². The fourth-order valence-electron chi connectivity index (χ4n) is 4.51. The van der Waals surface area contributed by atoms with Crippen LogP contribution in [0.4, 0.5) is 0 Å². The van der Waals surface area contributed by atoms with Gasteiger partial charge in [-0.15, -0.1) is 5.10 Å². The molecule has 2 saturated heterocycles. The number of imide groups is 1. The third kappa shape index (κ3) is 3.96. The quantitative estimate of drug-likeness (QED) is 0.553. The Labute approximate surface area is 179 Å². The molecular weight excluding hydrogens is 398 g/mol. The number of hydrogen-bond acceptors (Lipinski definition) is 7. The first-order valence-corrected chi connectivity index (χ1v) is 10.7. The number of nitrogens with zero attached hydrogens (tertiary/aromatic N) is 4. The molecule has 0 aliphatic carbocycles. The van der Waals surface area contributed by atoms with Crippen molar-refractivity contribution in [3.63, 3.8) is 0 Å². The molecule has 0 spiro atoms. The van der Waals surface area contributed by atoms with Crippen LogP contribution in [0.5, 0.6) is 0 Å². The van der Waals surface area contributed by atoms with Gasteiger partial charge in [0, 0.05) is 38.2 Å². The molecule has 0 radical (unpaired) electrons. The number of hydrogen-bond donors (Lipinski definition) is 3. The molecule has 3 amide bonds. The van der Waals surface area contributed by atoms with E-state index >= 15 is 0 Å². The second-order valence-electron chi connectivity index (χ2n) is 8.33. The van der Waals surface area contributed by atoms with Gasteiger partial charge in [-0.1, -0.05) is 17.3 Å². The number of carbonyl (C=O) groups excluding carboxylic acids is 3. The van der Waals surface area contributed by atoms with E-state index in [1.807, 2.05) is 29.1 Å². The summed E-state index contributed by atoms with van der Waals surface area (Å²) in [5.74, 6) is -0.818. The SMILES string of the molecule is O=C1CCC(N2Cc3cc(CNCc4cn(C5CCNC5)nn4)ccc3C2=O)C(=O)N1. The second kappa shape index (κ2) is 8.20. The molecule has 1 aromatic heterocycles. The van der Waals surface area contributed by atoms with Gasteiger partial charge in [0.15, 0.2) is 0 Å². The van der Waals surface area contributed by atoms with Gasteiger partial charge >= 0.3 is 0 Å². The average molecular weight is 423 g/mol. The Morgan fingerprint density at radius 1 is 1.16 bits per heavy atom. The number of nitrogens with one attached hydrogen (secondary N) is 3. The van der Waals surface area contributed by atoms with E-state index in [0.717, 1.165) is 36.3 Å². The highest BCUT2D eigenvalue weighted by Gasteiger charge is 2.39. The standard InChI is InChI=1S/C21H25N7O3/c29-19-4-3-18(20(30)24-19)27-11-14-7-13(1-2-17(14)21(27)31)8-23-9-15-12-28(26-25-15)16-5-6-22-10-16/h1-2,7,12,16,18,22-23H,3-6,8-11H2,(H,24,29,30). The first kappa shape index (κ1) is 19.8. The topological polar surface area (TPSA) is 121 Å². The van der Waals surface area contributed by atoms with Crippen LogP contribution >= 0.6 is 0 Å². The van der Waals surface area contributed by atoms with Crippen LogP contribution in [0.2, 0.25) is 0 Å². The molecule has 162 valence electrons. The Balaban J connectivity index is 1.18. The Kier molecular flexibility index (Phi) is 5.24. The monoisotopic (exact) mass is 423 g/mol. The molecule has 10 nitrogen and oxygen atoms in total. The van der Waals surface area contributed by atoms with Crippen LogP contribution in [0.1, 0.15) is 52.5 Å². The Morgan fingerprint density at radius 2 is 2.06 bits per heavy atom. The molecule has 2 unspecified atom stereocenters. The summed E-state index contributed by atoms with van der Waals surface area (Å²) in [6.45, 7) is 3.58. The van der Waals surface area contributed by atoms with E-state index in [1.165, 1.54) is 0 Å². The molecule has 31 heavy (non-hydrogen) atoms. The molecule has 2 atom stereocenters. The van der Waals surface area contributed by atoms with Gasteiger partial charge in [0.05, 0.1) is 17.9 Å². The molecule has 0 saturated carbocycles. The smallest absolute Gasteiger partial charge is 0.255 e. The molecule has 4 heterocycles. The number of piperidine rings is 1. The summed E-state index contributed by atoms with van der Waals surface area (Å²) in [5.41, 5.74) is 3.49. The highest BCUT2D eigenvalue weighted by Crippen LogP contribution is 2.28. The van der Waals surface area contributed by atoms with Crippen molar-refractivity contribution in [1.82, 2.24) is 35.8 Å². The van der Waals surface area contributed by atoms with Gasteiger partial charge in [0.1, 0.15) is 6.04 Å². The Morgan fingerprint density at radius 3 is 2.87 bits per heavy atom. The van der Waals surface area contributed by atoms with Gasteiger partial charge < -0.3 is 15.5 Å². The lowest BCUT2D eigenvalue weighted by molar-refractivity contribution is -0.136. The van der Waals surface area contributed by atoms with Gasteiger partial charge in [0.25, 0.3) is 5.91 Å². The normalized spacial score (nSPS) is 23.4. The van der Waals surface area contributed by atoms with Crippen molar-refractivity contribution in [2.24, 2.45) is 0 Å². The third-order valence-electron chi connectivity index (χ3n) is 6.19. The summed E-state index contributed by atoms with van der Waals surface area (Å²) < 4.78 is 1.93.